The molecular formula is C12H10Br2N2. The molecule has 1 aromatic heterocycles. The van der Waals surface area contributed by atoms with Crippen LogP contribution in [0.25, 0.3) is 11.1 Å². The number of rotatable bonds is 2. The predicted molar refractivity (Wildman–Crippen MR) is 72.2 cm³/mol. The maximum atomic E-state index is 4.38. The van der Waals surface area contributed by atoms with Gasteiger partial charge in [0.1, 0.15) is 10.4 Å². The molecule has 0 bridgehead atoms. The van der Waals surface area contributed by atoms with E-state index in [9.17, 15) is 0 Å². The predicted octanol–water partition coefficient (Wildman–Crippen LogP) is 4.23. The van der Waals surface area contributed by atoms with Gasteiger partial charge in [-0.3, -0.25) is 0 Å². The monoisotopic (exact) mass is 340 g/mol. The van der Waals surface area contributed by atoms with Crippen molar-refractivity contribution in [1.29, 1.82) is 0 Å². The van der Waals surface area contributed by atoms with Crippen LogP contribution in [0.2, 0.25) is 0 Å². The molecule has 0 aliphatic rings. The van der Waals surface area contributed by atoms with Crippen molar-refractivity contribution in [3.63, 3.8) is 0 Å². The van der Waals surface area contributed by atoms with E-state index in [1.165, 1.54) is 0 Å². The summed E-state index contributed by atoms with van der Waals surface area (Å²) in [5.74, 6) is 0.854. The Morgan fingerprint density at radius 1 is 1.12 bits per heavy atom. The zero-order valence-corrected chi connectivity index (χ0v) is 11.9. The summed E-state index contributed by atoms with van der Waals surface area (Å²) >= 11 is 6.90. The van der Waals surface area contributed by atoms with Gasteiger partial charge in [-0.25, -0.2) is 9.97 Å². The van der Waals surface area contributed by atoms with Crippen molar-refractivity contribution in [3.05, 3.63) is 45.4 Å². The molecular weight excluding hydrogens is 332 g/mol. The molecule has 1 heterocycles. The summed E-state index contributed by atoms with van der Waals surface area (Å²) in [4.78, 5) is 8.69. The molecule has 1 aromatic carbocycles. The van der Waals surface area contributed by atoms with Crippen molar-refractivity contribution in [2.45, 2.75) is 13.3 Å². The number of aryl methyl sites for hydroxylation is 1. The lowest BCUT2D eigenvalue weighted by Crippen LogP contribution is -1.94. The van der Waals surface area contributed by atoms with Gasteiger partial charge in [0, 0.05) is 22.7 Å². The summed E-state index contributed by atoms with van der Waals surface area (Å²) in [6.07, 6.45) is 2.71. The molecule has 2 aromatic rings. The van der Waals surface area contributed by atoms with Crippen LogP contribution < -0.4 is 0 Å². The average molecular weight is 342 g/mol. The highest BCUT2D eigenvalue weighted by molar-refractivity contribution is 9.10. The van der Waals surface area contributed by atoms with E-state index >= 15 is 0 Å². The highest BCUT2D eigenvalue weighted by Crippen LogP contribution is 2.27. The Bertz CT molecular complexity index is 495. The van der Waals surface area contributed by atoms with Crippen LogP contribution in [0, 0.1) is 0 Å². The number of aromatic nitrogens is 2. The van der Waals surface area contributed by atoms with Crippen LogP contribution in [0.5, 0.6) is 0 Å². The Morgan fingerprint density at radius 3 is 2.38 bits per heavy atom. The quantitative estimate of drug-likeness (QED) is 0.764. The van der Waals surface area contributed by atoms with Crippen LogP contribution in [-0.2, 0) is 6.42 Å². The van der Waals surface area contributed by atoms with E-state index in [4.69, 9.17) is 0 Å². The zero-order valence-electron chi connectivity index (χ0n) is 8.74. The fourth-order valence-corrected chi connectivity index (χ4v) is 2.19. The molecule has 82 valence electrons. The second-order valence-electron chi connectivity index (χ2n) is 3.35. The van der Waals surface area contributed by atoms with E-state index in [1.54, 1.807) is 0 Å². The highest BCUT2D eigenvalue weighted by Gasteiger charge is 2.05. The molecule has 2 nitrogen and oxygen atoms in total. The molecule has 0 aliphatic heterocycles. The Kier molecular flexibility index (Phi) is 3.71. The molecule has 0 radical (unpaired) electrons. The highest BCUT2D eigenvalue weighted by atomic mass is 79.9. The van der Waals surface area contributed by atoms with Gasteiger partial charge in [0.05, 0.1) is 0 Å². The minimum Gasteiger partial charge on any atom is -0.241 e. The van der Waals surface area contributed by atoms with E-state index in [0.29, 0.717) is 0 Å². The number of nitrogens with zero attached hydrogens (tertiary/aromatic N) is 2. The molecule has 16 heavy (non-hydrogen) atoms. The topological polar surface area (TPSA) is 25.8 Å². The number of hydrogen-bond donors (Lipinski definition) is 0. The van der Waals surface area contributed by atoms with Gasteiger partial charge < -0.3 is 0 Å². The minimum absolute atomic E-state index is 0.846. The molecule has 0 saturated heterocycles. The number of halogens is 2. The van der Waals surface area contributed by atoms with Crippen molar-refractivity contribution >= 4 is 31.9 Å². The summed E-state index contributed by atoms with van der Waals surface area (Å²) in [6, 6.07) is 8.10. The van der Waals surface area contributed by atoms with Crippen molar-refractivity contribution in [1.82, 2.24) is 9.97 Å². The van der Waals surface area contributed by atoms with Crippen molar-refractivity contribution in [2.75, 3.05) is 0 Å². The maximum absolute atomic E-state index is 4.38. The largest absolute Gasteiger partial charge is 0.241 e. The first-order valence-electron chi connectivity index (χ1n) is 4.98. The summed E-state index contributed by atoms with van der Waals surface area (Å²) in [6.45, 7) is 2.04. The first-order chi connectivity index (χ1) is 7.70. The van der Waals surface area contributed by atoms with E-state index in [0.717, 1.165) is 32.4 Å². The standard InChI is InChI=1S/C12H10Br2N2/c1-2-11-15-7-10(12(14)16-11)8-3-5-9(13)6-4-8/h3-7H,2H2,1H3. The second kappa shape index (κ2) is 5.06. The minimum atomic E-state index is 0.846. The lowest BCUT2D eigenvalue weighted by molar-refractivity contribution is 0.930. The van der Waals surface area contributed by atoms with Gasteiger partial charge in [-0.05, 0) is 33.6 Å². The van der Waals surface area contributed by atoms with Gasteiger partial charge in [-0.1, -0.05) is 35.0 Å². The summed E-state index contributed by atoms with van der Waals surface area (Å²) in [7, 11) is 0. The fourth-order valence-electron chi connectivity index (χ4n) is 1.39. The molecule has 4 heteroatoms. The van der Waals surface area contributed by atoms with Crippen LogP contribution in [0.4, 0.5) is 0 Å². The molecule has 0 atom stereocenters. The Balaban J connectivity index is 2.44. The van der Waals surface area contributed by atoms with Gasteiger partial charge in [-0.2, -0.15) is 0 Å². The van der Waals surface area contributed by atoms with Crippen molar-refractivity contribution < 1.29 is 0 Å². The van der Waals surface area contributed by atoms with Crippen LogP contribution >= 0.6 is 31.9 Å². The average Bonchev–Trinajstić information content (AvgIpc) is 2.30. The van der Waals surface area contributed by atoms with Gasteiger partial charge in [-0.15, -0.1) is 0 Å². The zero-order chi connectivity index (χ0) is 11.5. The molecule has 0 N–H and O–H groups in total. The molecule has 0 saturated carbocycles. The normalized spacial score (nSPS) is 10.4. The summed E-state index contributed by atoms with van der Waals surface area (Å²) in [5, 5.41) is 0. The van der Waals surface area contributed by atoms with E-state index in [2.05, 4.69) is 41.8 Å². The van der Waals surface area contributed by atoms with Gasteiger partial charge in [0.25, 0.3) is 0 Å². The second-order valence-corrected chi connectivity index (χ2v) is 5.02. The molecule has 0 amide bonds. The first kappa shape index (κ1) is 11.7. The summed E-state index contributed by atoms with van der Waals surface area (Å²) < 4.78 is 1.92. The van der Waals surface area contributed by atoms with Crippen LogP contribution in [0.3, 0.4) is 0 Å². The number of hydrogen-bond acceptors (Lipinski definition) is 2. The van der Waals surface area contributed by atoms with Gasteiger partial charge in [0.15, 0.2) is 0 Å². The third kappa shape index (κ3) is 2.50. The molecule has 2 rings (SSSR count). The van der Waals surface area contributed by atoms with E-state index < -0.39 is 0 Å². The number of benzene rings is 1. The molecule has 0 unspecified atom stereocenters. The first-order valence-corrected chi connectivity index (χ1v) is 6.56. The van der Waals surface area contributed by atoms with E-state index in [1.807, 2.05) is 37.4 Å². The smallest absolute Gasteiger partial charge is 0.129 e. The van der Waals surface area contributed by atoms with Crippen LogP contribution in [0.1, 0.15) is 12.7 Å². The maximum Gasteiger partial charge on any atom is 0.129 e. The molecule has 0 aliphatic carbocycles. The van der Waals surface area contributed by atoms with E-state index in [-0.39, 0.29) is 0 Å². The van der Waals surface area contributed by atoms with Crippen LogP contribution in [0.15, 0.2) is 39.5 Å². The van der Waals surface area contributed by atoms with Crippen molar-refractivity contribution in [3.8, 4) is 11.1 Å². The molecule has 0 fully saturated rings. The third-order valence-corrected chi connectivity index (χ3v) is 3.40. The van der Waals surface area contributed by atoms with Crippen LogP contribution in [-0.4, -0.2) is 9.97 Å². The Morgan fingerprint density at radius 2 is 1.81 bits per heavy atom. The lowest BCUT2D eigenvalue weighted by atomic mass is 10.1. The summed E-state index contributed by atoms with van der Waals surface area (Å²) in [5.41, 5.74) is 2.13. The Hall–Kier alpha value is -0.740. The lowest BCUT2D eigenvalue weighted by Gasteiger charge is -2.05. The van der Waals surface area contributed by atoms with Gasteiger partial charge in [0.2, 0.25) is 0 Å². The van der Waals surface area contributed by atoms with Crippen molar-refractivity contribution in [2.24, 2.45) is 0 Å². The fraction of sp³-hybridized carbons (Fsp3) is 0.167. The van der Waals surface area contributed by atoms with Gasteiger partial charge >= 0.3 is 0 Å². The Labute approximate surface area is 111 Å². The third-order valence-electron chi connectivity index (χ3n) is 2.26. The molecule has 0 spiro atoms. The SMILES string of the molecule is CCc1ncc(-c2ccc(Br)cc2)c(Br)n1.